The number of aliphatic hydroxyl groups excluding tert-OH is 1. The molecule has 0 aliphatic heterocycles. The molecule has 0 radical (unpaired) electrons. The van der Waals surface area contributed by atoms with Crippen molar-refractivity contribution in [1.29, 1.82) is 0 Å². The Hall–Kier alpha value is -3.51. The third kappa shape index (κ3) is 3.70. The summed E-state index contributed by atoms with van der Waals surface area (Å²) in [6.07, 6.45) is 0. The Morgan fingerprint density at radius 3 is 2.59 bits per heavy atom. The monoisotopic (exact) mass is 358 g/mol. The summed E-state index contributed by atoms with van der Waals surface area (Å²) < 4.78 is 1.84. The first-order chi connectivity index (χ1) is 13.2. The van der Waals surface area contributed by atoms with Crippen LogP contribution >= 0.6 is 0 Å². The number of nitrogens with one attached hydrogen (secondary N) is 1. The lowest BCUT2D eigenvalue weighted by Gasteiger charge is -2.08. The van der Waals surface area contributed by atoms with Crippen molar-refractivity contribution in [3.05, 3.63) is 89.5 Å². The largest absolute Gasteiger partial charge is 0.392 e. The Morgan fingerprint density at radius 2 is 1.78 bits per heavy atom. The highest BCUT2D eigenvalue weighted by molar-refractivity contribution is 6.04. The molecule has 6 heteroatoms. The number of aromatic nitrogens is 3. The van der Waals surface area contributed by atoms with E-state index in [1.165, 1.54) is 0 Å². The molecule has 27 heavy (non-hydrogen) atoms. The average molecular weight is 358 g/mol. The molecule has 1 heterocycles. The summed E-state index contributed by atoms with van der Waals surface area (Å²) in [5.41, 5.74) is 4.84. The molecule has 3 aromatic carbocycles. The van der Waals surface area contributed by atoms with E-state index in [0.717, 1.165) is 22.2 Å². The standard InChI is InChI=1S/C21H18N4O2/c26-14-16-4-3-5-18(12-16)22-21(27)17-10-8-15(9-11-17)13-25-20-7-2-1-6-19(20)23-24-25/h1-12,26H,13-14H2,(H,22,27). The van der Waals surface area contributed by atoms with Gasteiger partial charge >= 0.3 is 0 Å². The molecule has 2 N–H and O–H groups in total. The molecule has 0 fully saturated rings. The minimum atomic E-state index is -0.192. The van der Waals surface area contributed by atoms with Gasteiger partial charge in [0.2, 0.25) is 0 Å². The Kier molecular flexibility index (Phi) is 4.63. The zero-order valence-corrected chi connectivity index (χ0v) is 14.5. The van der Waals surface area contributed by atoms with Crippen LogP contribution in [0.3, 0.4) is 0 Å². The number of aliphatic hydroxyl groups is 1. The lowest BCUT2D eigenvalue weighted by atomic mass is 10.1. The summed E-state index contributed by atoms with van der Waals surface area (Å²) in [4.78, 5) is 12.4. The molecule has 0 aliphatic carbocycles. The maximum absolute atomic E-state index is 12.4. The molecule has 0 atom stereocenters. The third-order valence-corrected chi connectivity index (χ3v) is 4.34. The van der Waals surface area contributed by atoms with Crippen LogP contribution in [0.5, 0.6) is 0 Å². The predicted molar refractivity (Wildman–Crippen MR) is 103 cm³/mol. The van der Waals surface area contributed by atoms with Gasteiger partial charge in [0.25, 0.3) is 5.91 Å². The van der Waals surface area contributed by atoms with Gasteiger partial charge in [-0.2, -0.15) is 0 Å². The fourth-order valence-corrected chi connectivity index (χ4v) is 2.92. The number of carbonyl (C=O) groups is 1. The summed E-state index contributed by atoms with van der Waals surface area (Å²) in [6.45, 7) is 0.524. The van der Waals surface area contributed by atoms with Gasteiger partial charge in [-0.05, 0) is 47.5 Å². The summed E-state index contributed by atoms with van der Waals surface area (Å²) in [5, 5.41) is 20.4. The molecule has 4 rings (SSSR count). The average Bonchev–Trinajstić information content (AvgIpc) is 3.11. The number of nitrogens with zero attached hydrogens (tertiary/aromatic N) is 3. The SMILES string of the molecule is O=C(Nc1cccc(CO)c1)c1ccc(Cn2nnc3ccccc32)cc1. The van der Waals surface area contributed by atoms with Gasteiger partial charge in [0.15, 0.2) is 0 Å². The van der Waals surface area contributed by atoms with Gasteiger partial charge in [0.05, 0.1) is 18.7 Å². The topological polar surface area (TPSA) is 80.0 Å². The van der Waals surface area contributed by atoms with Crippen LogP contribution in [0.15, 0.2) is 72.8 Å². The van der Waals surface area contributed by atoms with Crippen LogP contribution in [0.4, 0.5) is 5.69 Å². The second kappa shape index (κ2) is 7.39. The summed E-state index contributed by atoms with van der Waals surface area (Å²) in [6, 6.07) is 22.4. The van der Waals surface area contributed by atoms with Crippen LogP contribution in [0.2, 0.25) is 0 Å². The number of para-hydroxylation sites is 1. The highest BCUT2D eigenvalue weighted by Crippen LogP contribution is 2.15. The quantitative estimate of drug-likeness (QED) is 0.574. The lowest BCUT2D eigenvalue weighted by Crippen LogP contribution is -2.12. The molecular formula is C21H18N4O2. The highest BCUT2D eigenvalue weighted by Gasteiger charge is 2.08. The molecule has 0 aliphatic rings. The molecule has 0 saturated carbocycles. The Bertz CT molecular complexity index is 1090. The van der Waals surface area contributed by atoms with E-state index in [2.05, 4.69) is 15.6 Å². The van der Waals surface area contributed by atoms with Crippen molar-refractivity contribution in [3.8, 4) is 0 Å². The van der Waals surface area contributed by atoms with Crippen LogP contribution in [0.25, 0.3) is 11.0 Å². The molecule has 0 saturated heterocycles. The first-order valence-electron chi connectivity index (χ1n) is 8.61. The Labute approximate surface area is 156 Å². The van der Waals surface area contributed by atoms with Crippen molar-refractivity contribution in [2.45, 2.75) is 13.2 Å². The minimum Gasteiger partial charge on any atom is -0.392 e. The molecule has 4 aromatic rings. The fourth-order valence-electron chi connectivity index (χ4n) is 2.92. The van der Waals surface area contributed by atoms with Gasteiger partial charge in [-0.3, -0.25) is 4.79 Å². The number of rotatable bonds is 5. The van der Waals surface area contributed by atoms with Crippen molar-refractivity contribution in [1.82, 2.24) is 15.0 Å². The number of benzene rings is 3. The van der Waals surface area contributed by atoms with Crippen LogP contribution in [0.1, 0.15) is 21.5 Å². The van der Waals surface area contributed by atoms with E-state index in [4.69, 9.17) is 0 Å². The van der Waals surface area contributed by atoms with Gasteiger partial charge in [-0.25, -0.2) is 4.68 Å². The highest BCUT2D eigenvalue weighted by atomic mass is 16.3. The summed E-state index contributed by atoms with van der Waals surface area (Å²) in [5.74, 6) is -0.192. The Morgan fingerprint density at radius 1 is 0.963 bits per heavy atom. The fraction of sp³-hybridized carbons (Fsp3) is 0.0952. The predicted octanol–water partition coefficient (Wildman–Crippen LogP) is 3.22. The van der Waals surface area contributed by atoms with E-state index in [1.807, 2.05) is 41.1 Å². The van der Waals surface area contributed by atoms with Gasteiger partial charge in [-0.15, -0.1) is 5.10 Å². The van der Waals surface area contributed by atoms with Crippen LogP contribution in [-0.4, -0.2) is 26.0 Å². The second-order valence-electron chi connectivity index (χ2n) is 6.25. The van der Waals surface area contributed by atoms with E-state index < -0.39 is 0 Å². The van der Waals surface area contributed by atoms with Gasteiger partial charge in [0.1, 0.15) is 5.52 Å². The molecule has 134 valence electrons. The van der Waals surface area contributed by atoms with Gasteiger partial charge in [0, 0.05) is 11.3 Å². The molecule has 0 spiro atoms. The van der Waals surface area contributed by atoms with Crippen molar-refractivity contribution >= 4 is 22.6 Å². The van der Waals surface area contributed by atoms with Gasteiger partial charge < -0.3 is 10.4 Å². The smallest absolute Gasteiger partial charge is 0.255 e. The summed E-state index contributed by atoms with van der Waals surface area (Å²) >= 11 is 0. The van der Waals surface area contributed by atoms with Crippen LogP contribution in [0, 0.1) is 0 Å². The molecule has 0 unspecified atom stereocenters. The van der Waals surface area contributed by atoms with Crippen LogP contribution < -0.4 is 5.32 Å². The van der Waals surface area contributed by atoms with Crippen molar-refractivity contribution in [3.63, 3.8) is 0 Å². The first-order valence-corrected chi connectivity index (χ1v) is 8.61. The van der Waals surface area contributed by atoms with E-state index in [9.17, 15) is 9.90 Å². The van der Waals surface area contributed by atoms with E-state index >= 15 is 0 Å². The van der Waals surface area contributed by atoms with Crippen LogP contribution in [-0.2, 0) is 13.2 Å². The van der Waals surface area contributed by atoms with Crippen molar-refractivity contribution in [2.24, 2.45) is 0 Å². The molecule has 6 nitrogen and oxygen atoms in total. The maximum atomic E-state index is 12.4. The van der Waals surface area contributed by atoms with Gasteiger partial charge in [-0.1, -0.05) is 41.6 Å². The Balaban J connectivity index is 1.47. The number of anilines is 1. The van der Waals surface area contributed by atoms with E-state index in [0.29, 0.717) is 17.8 Å². The number of carbonyl (C=O) groups excluding carboxylic acids is 1. The molecule has 1 aromatic heterocycles. The molecular weight excluding hydrogens is 340 g/mol. The number of hydrogen-bond donors (Lipinski definition) is 2. The van der Waals surface area contributed by atoms with Crippen molar-refractivity contribution < 1.29 is 9.90 Å². The zero-order chi connectivity index (χ0) is 18.6. The third-order valence-electron chi connectivity index (χ3n) is 4.34. The van der Waals surface area contributed by atoms with E-state index in [-0.39, 0.29) is 12.5 Å². The lowest BCUT2D eigenvalue weighted by molar-refractivity contribution is 0.102. The molecule has 1 amide bonds. The number of amides is 1. The minimum absolute atomic E-state index is 0.0601. The van der Waals surface area contributed by atoms with Crippen molar-refractivity contribution in [2.75, 3.05) is 5.32 Å². The number of fused-ring (bicyclic) bond motifs is 1. The first kappa shape index (κ1) is 16.9. The normalized spacial score (nSPS) is 10.9. The molecule has 0 bridgehead atoms. The zero-order valence-electron chi connectivity index (χ0n) is 14.5. The van der Waals surface area contributed by atoms with E-state index in [1.54, 1.807) is 36.4 Å². The number of hydrogen-bond acceptors (Lipinski definition) is 4. The summed E-state index contributed by atoms with van der Waals surface area (Å²) in [7, 11) is 0. The maximum Gasteiger partial charge on any atom is 0.255 e. The second-order valence-corrected chi connectivity index (χ2v) is 6.25.